The summed E-state index contributed by atoms with van der Waals surface area (Å²) in [5, 5.41) is 10.7. The van der Waals surface area contributed by atoms with E-state index in [1.165, 1.54) is 12.1 Å². The van der Waals surface area contributed by atoms with Gasteiger partial charge in [-0.3, -0.25) is 14.9 Å². The van der Waals surface area contributed by atoms with Gasteiger partial charge in [0.05, 0.1) is 4.92 Å². The van der Waals surface area contributed by atoms with Gasteiger partial charge in [0.15, 0.2) is 0 Å². The van der Waals surface area contributed by atoms with Crippen LogP contribution in [-0.2, 0) is 0 Å². The van der Waals surface area contributed by atoms with Crippen molar-refractivity contribution in [3.05, 3.63) is 39.9 Å². The monoisotopic (exact) mass is 306 g/mol. The van der Waals surface area contributed by atoms with Crippen molar-refractivity contribution in [2.24, 2.45) is 0 Å². The number of nitro benzene ring substituents is 1. The predicted molar refractivity (Wildman–Crippen MR) is 88.0 cm³/mol. The number of non-ortho nitro benzene ring substituents is 1. The Labute approximate surface area is 132 Å². The largest absolute Gasteiger partial charge is 0.339 e. The number of benzene rings is 1. The molecule has 0 heterocycles. The molecule has 0 aliphatic heterocycles. The van der Waals surface area contributed by atoms with Gasteiger partial charge in [-0.15, -0.1) is 0 Å². The lowest BCUT2D eigenvalue weighted by atomic mass is 10.1. The lowest BCUT2D eigenvalue weighted by Crippen LogP contribution is -2.33. The standard InChI is InChI=1S/C17H26N2O3/c1-3-5-7-13-18(14-8-6-4-2)17(20)15-9-11-16(12-10-15)19(21)22/h9-12H,3-8,13-14H2,1-2H3. The summed E-state index contributed by atoms with van der Waals surface area (Å²) >= 11 is 0. The van der Waals surface area contributed by atoms with Crippen LogP contribution >= 0.6 is 0 Å². The highest BCUT2D eigenvalue weighted by Crippen LogP contribution is 2.14. The summed E-state index contributed by atoms with van der Waals surface area (Å²) in [4.78, 5) is 24.7. The highest BCUT2D eigenvalue weighted by Gasteiger charge is 2.16. The van der Waals surface area contributed by atoms with Gasteiger partial charge < -0.3 is 4.90 Å². The molecule has 0 bridgehead atoms. The van der Waals surface area contributed by atoms with Crippen molar-refractivity contribution in [3.63, 3.8) is 0 Å². The predicted octanol–water partition coefficient (Wildman–Crippen LogP) is 4.42. The maximum absolute atomic E-state index is 12.6. The third-order valence-corrected chi connectivity index (χ3v) is 3.68. The Hall–Kier alpha value is -1.91. The maximum atomic E-state index is 12.6. The fourth-order valence-electron chi connectivity index (χ4n) is 2.33. The van der Waals surface area contributed by atoms with Gasteiger partial charge in [-0.1, -0.05) is 39.5 Å². The second-order valence-electron chi connectivity index (χ2n) is 5.51. The van der Waals surface area contributed by atoms with Gasteiger partial charge in [0.1, 0.15) is 0 Å². The molecule has 0 unspecified atom stereocenters. The van der Waals surface area contributed by atoms with Gasteiger partial charge >= 0.3 is 0 Å². The smallest absolute Gasteiger partial charge is 0.269 e. The molecule has 0 atom stereocenters. The summed E-state index contributed by atoms with van der Waals surface area (Å²) in [6.45, 7) is 5.79. The number of rotatable bonds is 10. The number of hydrogen-bond donors (Lipinski definition) is 0. The van der Waals surface area contributed by atoms with E-state index in [4.69, 9.17) is 0 Å². The molecule has 0 spiro atoms. The SMILES string of the molecule is CCCCCN(CCCCC)C(=O)c1ccc([N+](=O)[O-])cc1. The topological polar surface area (TPSA) is 63.5 Å². The first-order chi connectivity index (χ1) is 10.6. The van der Waals surface area contributed by atoms with Crippen molar-refractivity contribution in [2.75, 3.05) is 13.1 Å². The highest BCUT2D eigenvalue weighted by molar-refractivity contribution is 5.94. The minimum atomic E-state index is -0.450. The van der Waals surface area contributed by atoms with Crippen molar-refractivity contribution in [1.29, 1.82) is 0 Å². The molecule has 122 valence electrons. The van der Waals surface area contributed by atoms with E-state index in [0.29, 0.717) is 5.56 Å². The van der Waals surface area contributed by atoms with E-state index in [1.54, 1.807) is 12.1 Å². The van der Waals surface area contributed by atoms with Crippen LogP contribution in [0.15, 0.2) is 24.3 Å². The molecule has 0 aromatic heterocycles. The molecule has 0 aliphatic carbocycles. The van der Waals surface area contributed by atoms with Gasteiger partial charge in [-0.25, -0.2) is 0 Å². The Balaban J connectivity index is 2.73. The van der Waals surface area contributed by atoms with Crippen LogP contribution in [0.1, 0.15) is 62.7 Å². The number of carbonyl (C=O) groups excluding carboxylic acids is 1. The molecular formula is C17H26N2O3. The summed E-state index contributed by atoms with van der Waals surface area (Å²) in [5.74, 6) is -0.0258. The number of hydrogen-bond acceptors (Lipinski definition) is 3. The zero-order valence-corrected chi connectivity index (χ0v) is 13.6. The maximum Gasteiger partial charge on any atom is 0.269 e. The third kappa shape index (κ3) is 5.84. The molecule has 5 heteroatoms. The summed E-state index contributed by atoms with van der Waals surface area (Å²) < 4.78 is 0. The number of nitro groups is 1. The van der Waals surface area contributed by atoms with E-state index in [0.717, 1.165) is 51.6 Å². The lowest BCUT2D eigenvalue weighted by molar-refractivity contribution is -0.384. The molecule has 1 aromatic carbocycles. The molecule has 5 nitrogen and oxygen atoms in total. The molecule has 0 fully saturated rings. The molecule has 0 saturated heterocycles. The quantitative estimate of drug-likeness (QED) is 0.365. The van der Waals surface area contributed by atoms with Crippen molar-refractivity contribution in [3.8, 4) is 0 Å². The van der Waals surface area contributed by atoms with Crippen LogP contribution in [0.4, 0.5) is 5.69 Å². The second kappa shape index (κ2) is 9.92. The van der Waals surface area contributed by atoms with Gasteiger partial charge in [-0.2, -0.15) is 0 Å². The van der Waals surface area contributed by atoms with Crippen LogP contribution in [0.3, 0.4) is 0 Å². The second-order valence-corrected chi connectivity index (χ2v) is 5.51. The van der Waals surface area contributed by atoms with Crippen LogP contribution in [0.2, 0.25) is 0 Å². The number of amides is 1. The normalized spacial score (nSPS) is 10.5. The van der Waals surface area contributed by atoms with E-state index < -0.39 is 4.92 Å². The Morgan fingerprint density at radius 2 is 1.50 bits per heavy atom. The highest BCUT2D eigenvalue weighted by atomic mass is 16.6. The summed E-state index contributed by atoms with van der Waals surface area (Å²) in [6, 6.07) is 5.88. The van der Waals surface area contributed by atoms with Gasteiger partial charge in [0.25, 0.3) is 11.6 Å². The minimum absolute atomic E-state index is 0.0139. The minimum Gasteiger partial charge on any atom is -0.339 e. The van der Waals surface area contributed by atoms with Crippen LogP contribution in [0.5, 0.6) is 0 Å². The van der Waals surface area contributed by atoms with Crippen molar-refractivity contribution in [1.82, 2.24) is 4.90 Å². The zero-order chi connectivity index (χ0) is 16.4. The van der Waals surface area contributed by atoms with E-state index in [2.05, 4.69) is 13.8 Å². The number of carbonyl (C=O) groups is 1. The lowest BCUT2D eigenvalue weighted by Gasteiger charge is -2.22. The fourth-order valence-corrected chi connectivity index (χ4v) is 2.33. The average molecular weight is 306 g/mol. The van der Waals surface area contributed by atoms with Crippen LogP contribution in [-0.4, -0.2) is 28.8 Å². The van der Waals surface area contributed by atoms with Crippen LogP contribution in [0.25, 0.3) is 0 Å². The third-order valence-electron chi connectivity index (χ3n) is 3.68. The Morgan fingerprint density at radius 3 is 1.91 bits per heavy atom. The fraction of sp³-hybridized carbons (Fsp3) is 0.588. The zero-order valence-electron chi connectivity index (χ0n) is 13.6. The Kier molecular flexibility index (Phi) is 8.18. The van der Waals surface area contributed by atoms with E-state index in [-0.39, 0.29) is 11.6 Å². The first kappa shape index (κ1) is 18.1. The number of unbranched alkanes of at least 4 members (excludes halogenated alkanes) is 4. The molecule has 1 amide bonds. The Bertz CT molecular complexity index is 461. The number of nitrogens with zero attached hydrogens (tertiary/aromatic N) is 2. The molecule has 0 aliphatic rings. The van der Waals surface area contributed by atoms with Gasteiger partial charge in [0, 0.05) is 30.8 Å². The van der Waals surface area contributed by atoms with Gasteiger partial charge in [-0.05, 0) is 25.0 Å². The first-order valence-electron chi connectivity index (χ1n) is 8.13. The summed E-state index contributed by atoms with van der Waals surface area (Å²) in [5.41, 5.74) is 0.540. The molecule has 1 rings (SSSR count). The van der Waals surface area contributed by atoms with Crippen molar-refractivity contribution >= 4 is 11.6 Å². The van der Waals surface area contributed by atoms with Gasteiger partial charge in [0.2, 0.25) is 0 Å². The van der Waals surface area contributed by atoms with E-state index in [9.17, 15) is 14.9 Å². The van der Waals surface area contributed by atoms with Crippen LogP contribution < -0.4 is 0 Å². The molecule has 22 heavy (non-hydrogen) atoms. The first-order valence-corrected chi connectivity index (χ1v) is 8.13. The average Bonchev–Trinajstić information content (AvgIpc) is 2.53. The van der Waals surface area contributed by atoms with Crippen LogP contribution in [0, 0.1) is 10.1 Å². The van der Waals surface area contributed by atoms with E-state index >= 15 is 0 Å². The summed E-state index contributed by atoms with van der Waals surface area (Å²) in [7, 11) is 0. The molecular weight excluding hydrogens is 280 g/mol. The molecule has 0 radical (unpaired) electrons. The van der Waals surface area contributed by atoms with Crippen molar-refractivity contribution in [2.45, 2.75) is 52.4 Å². The summed E-state index contributed by atoms with van der Waals surface area (Å²) in [6.07, 6.45) is 6.46. The van der Waals surface area contributed by atoms with Crippen molar-refractivity contribution < 1.29 is 9.72 Å². The molecule has 1 aromatic rings. The van der Waals surface area contributed by atoms with E-state index in [1.807, 2.05) is 4.90 Å². The molecule has 0 saturated carbocycles. The molecule has 0 N–H and O–H groups in total. The Morgan fingerprint density at radius 1 is 1.00 bits per heavy atom.